The summed E-state index contributed by atoms with van der Waals surface area (Å²) in [6.45, 7) is 5.61. The number of aliphatic hydroxyl groups excluding tert-OH is 2. The highest BCUT2D eigenvalue weighted by Crippen LogP contribution is 2.33. The number of hydrogen-bond acceptors (Lipinski definition) is 4. The summed E-state index contributed by atoms with van der Waals surface area (Å²) in [7, 11) is 0. The van der Waals surface area contributed by atoms with Crippen molar-refractivity contribution in [1.82, 2.24) is 0 Å². The van der Waals surface area contributed by atoms with Gasteiger partial charge in [-0.15, -0.1) is 0 Å². The first kappa shape index (κ1) is 19.8. The molecule has 0 amide bonds. The smallest absolute Gasteiger partial charge is 0.161 e. The van der Waals surface area contributed by atoms with E-state index in [1.54, 1.807) is 26.0 Å². The SMILES string of the molecule is C/C(C=O)=C\[C@@H](C)C(=O)/C=C\[C@H](C)C[C@@H]1CC[C@@H](O)[C@H](CO)C1. The van der Waals surface area contributed by atoms with Crippen LogP contribution in [0.5, 0.6) is 0 Å². The summed E-state index contributed by atoms with van der Waals surface area (Å²) >= 11 is 0. The average Bonchev–Trinajstić information content (AvgIpc) is 2.54. The van der Waals surface area contributed by atoms with E-state index in [1.807, 2.05) is 6.08 Å². The molecule has 0 aromatic carbocycles. The number of aliphatic hydroxyl groups is 2. The van der Waals surface area contributed by atoms with E-state index >= 15 is 0 Å². The molecule has 0 aromatic rings. The highest BCUT2D eigenvalue weighted by atomic mass is 16.3. The first-order valence-corrected chi connectivity index (χ1v) is 8.51. The molecule has 5 atom stereocenters. The Morgan fingerprint density at radius 2 is 2.00 bits per heavy atom. The summed E-state index contributed by atoms with van der Waals surface area (Å²) in [4.78, 5) is 22.6. The van der Waals surface area contributed by atoms with E-state index in [4.69, 9.17) is 0 Å². The summed E-state index contributed by atoms with van der Waals surface area (Å²) in [5, 5.41) is 19.1. The average molecular weight is 322 g/mol. The van der Waals surface area contributed by atoms with Gasteiger partial charge in [0.25, 0.3) is 0 Å². The highest BCUT2D eigenvalue weighted by molar-refractivity contribution is 5.93. The van der Waals surface area contributed by atoms with Crippen molar-refractivity contribution >= 4 is 12.1 Å². The Kier molecular flexibility index (Phi) is 8.42. The van der Waals surface area contributed by atoms with Gasteiger partial charge in [0, 0.05) is 18.4 Å². The molecule has 0 heterocycles. The van der Waals surface area contributed by atoms with Gasteiger partial charge in [-0.1, -0.05) is 26.0 Å². The lowest BCUT2D eigenvalue weighted by Gasteiger charge is -2.33. The molecule has 0 saturated heterocycles. The quantitative estimate of drug-likeness (QED) is 0.532. The highest BCUT2D eigenvalue weighted by Gasteiger charge is 2.29. The Balaban J connectivity index is 2.48. The van der Waals surface area contributed by atoms with Crippen molar-refractivity contribution in [3.63, 3.8) is 0 Å². The van der Waals surface area contributed by atoms with Crippen LogP contribution in [-0.4, -0.2) is 35.0 Å². The fourth-order valence-corrected chi connectivity index (χ4v) is 3.29. The van der Waals surface area contributed by atoms with Crippen LogP contribution in [-0.2, 0) is 9.59 Å². The van der Waals surface area contributed by atoms with Gasteiger partial charge in [0.2, 0.25) is 0 Å². The third-order valence-corrected chi connectivity index (χ3v) is 4.73. The Morgan fingerprint density at radius 3 is 2.61 bits per heavy atom. The fourth-order valence-electron chi connectivity index (χ4n) is 3.29. The van der Waals surface area contributed by atoms with Gasteiger partial charge < -0.3 is 10.2 Å². The zero-order valence-corrected chi connectivity index (χ0v) is 14.4. The molecule has 0 bridgehead atoms. The van der Waals surface area contributed by atoms with Gasteiger partial charge in [-0.05, 0) is 56.1 Å². The molecular weight excluding hydrogens is 292 g/mol. The molecule has 0 unspecified atom stereocenters. The van der Waals surface area contributed by atoms with Gasteiger partial charge in [0.1, 0.15) is 6.29 Å². The first-order valence-electron chi connectivity index (χ1n) is 8.51. The second-order valence-electron chi connectivity index (χ2n) is 6.98. The number of allylic oxidation sites excluding steroid dienone is 4. The van der Waals surface area contributed by atoms with Gasteiger partial charge in [-0.2, -0.15) is 0 Å². The number of carbonyl (C=O) groups excluding carboxylic acids is 2. The van der Waals surface area contributed by atoms with Crippen LogP contribution in [0.1, 0.15) is 46.5 Å². The largest absolute Gasteiger partial charge is 0.396 e. The van der Waals surface area contributed by atoms with Crippen molar-refractivity contribution < 1.29 is 19.8 Å². The van der Waals surface area contributed by atoms with Crippen LogP contribution in [0.4, 0.5) is 0 Å². The van der Waals surface area contributed by atoms with Crippen molar-refractivity contribution in [2.75, 3.05) is 6.61 Å². The summed E-state index contributed by atoms with van der Waals surface area (Å²) < 4.78 is 0. The predicted molar refractivity (Wildman–Crippen MR) is 90.8 cm³/mol. The minimum absolute atomic E-state index is 0.00495. The maximum atomic E-state index is 12.0. The number of aldehydes is 1. The molecule has 130 valence electrons. The van der Waals surface area contributed by atoms with Crippen LogP contribution < -0.4 is 0 Å². The van der Waals surface area contributed by atoms with Gasteiger partial charge in [0.05, 0.1) is 6.10 Å². The first-order chi connectivity index (χ1) is 10.9. The molecule has 0 spiro atoms. The monoisotopic (exact) mass is 322 g/mol. The standard InChI is InChI=1S/C19H30O4/c1-13(4-6-18(22)15(3)8-14(2)11-20)9-16-5-7-19(23)17(10-16)12-21/h4,6,8,11,13,15-17,19,21,23H,5,7,9-10,12H2,1-3H3/b6-4-,14-8+/t13-,15+,16-,17-,19+/m0/s1. The van der Waals surface area contributed by atoms with Gasteiger partial charge in [0.15, 0.2) is 5.78 Å². The lowest BCUT2D eigenvalue weighted by molar-refractivity contribution is -0.116. The van der Waals surface area contributed by atoms with Crippen molar-refractivity contribution in [2.45, 2.75) is 52.6 Å². The summed E-state index contributed by atoms with van der Waals surface area (Å²) in [5.41, 5.74) is 0.572. The van der Waals surface area contributed by atoms with Gasteiger partial charge in [-0.3, -0.25) is 9.59 Å². The van der Waals surface area contributed by atoms with Crippen molar-refractivity contribution in [1.29, 1.82) is 0 Å². The molecule has 0 radical (unpaired) electrons. The fraction of sp³-hybridized carbons (Fsp3) is 0.684. The molecule has 23 heavy (non-hydrogen) atoms. The maximum Gasteiger partial charge on any atom is 0.161 e. The minimum Gasteiger partial charge on any atom is -0.396 e. The molecule has 0 aliphatic heterocycles. The van der Waals surface area contributed by atoms with E-state index in [-0.39, 0.29) is 36.2 Å². The van der Waals surface area contributed by atoms with Crippen LogP contribution in [0, 0.1) is 23.7 Å². The molecule has 1 aliphatic rings. The number of ketones is 1. The van der Waals surface area contributed by atoms with E-state index in [0.29, 0.717) is 11.5 Å². The summed E-state index contributed by atoms with van der Waals surface area (Å²) in [5.74, 6) is 0.474. The Bertz CT molecular complexity index is 452. The normalized spacial score (nSPS) is 28.6. The van der Waals surface area contributed by atoms with Crippen LogP contribution in [0.2, 0.25) is 0 Å². The molecule has 4 heteroatoms. The third-order valence-electron chi connectivity index (χ3n) is 4.73. The van der Waals surface area contributed by atoms with Gasteiger partial charge >= 0.3 is 0 Å². The predicted octanol–water partition coefficient (Wildman–Crippen LogP) is 2.69. The van der Waals surface area contributed by atoms with E-state index in [0.717, 1.165) is 32.0 Å². The molecule has 1 aliphatic carbocycles. The molecule has 4 nitrogen and oxygen atoms in total. The van der Waals surface area contributed by atoms with E-state index < -0.39 is 0 Å². The number of rotatable bonds is 8. The lowest BCUT2D eigenvalue weighted by Crippen LogP contribution is -2.32. The van der Waals surface area contributed by atoms with Crippen molar-refractivity contribution in [2.24, 2.45) is 23.7 Å². The molecule has 1 fully saturated rings. The summed E-state index contributed by atoms with van der Waals surface area (Å²) in [6, 6.07) is 0. The van der Waals surface area contributed by atoms with Crippen LogP contribution in [0.15, 0.2) is 23.8 Å². The summed E-state index contributed by atoms with van der Waals surface area (Å²) in [6.07, 6.45) is 9.14. The molecule has 2 N–H and O–H groups in total. The molecular formula is C19H30O4. The Labute approximate surface area is 139 Å². The molecule has 1 rings (SSSR count). The number of hydrogen-bond donors (Lipinski definition) is 2. The van der Waals surface area contributed by atoms with Crippen molar-refractivity contribution in [3.8, 4) is 0 Å². The van der Waals surface area contributed by atoms with E-state index in [2.05, 4.69) is 6.92 Å². The number of carbonyl (C=O) groups is 2. The van der Waals surface area contributed by atoms with Crippen LogP contribution in [0.3, 0.4) is 0 Å². The molecule has 0 aromatic heterocycles. The van der Waals surface area contributed by atoms with E-state index in [1.165, 1.54) is 0 Å². The Morgan fingerprint density at radius 1 is 1.30 bits per heavy atom. The minimum atomic E-state index is -0.377. The van der Waals surface area contributed by atoms with Gasteiger partial charge in [-0.25, -0.2) is 0 Å². The second kappa shape index (κ2) is 9.78. The lowest BCUT2D eigenvalue weighted by atomic mass is 9.76. The molecule has 1 saturated carbocycles. The van der Waals surface area contributed by atoms with E-state index in [9.17, 15) is 19.8 Å². The zero-order chi connectivity index (χ0) is 17.4. The second-order valence-corrected chi connectivity index (χ2v) is 6.98. The Hall–Kier alpha value is -1.26. The van der Waals surface area contributed by atoms with Crippen molar-refractivity contribution in [3.05, 3.63) is 23.8 Å². The zero-order valence-electron chi connectivity index (χ0n) is 14.4. The maximum absolute atomic E-state index is 12.0. The topological polar surface area (TPSA) is 74.6 Å². The van der Waals surface area contributed by atoms with Crippen LogP contribution in [0.25, 0.3) is 0 Å². The third kappa shape index (κ3) is 6.80. The van der Waals surface area contributed by atoms with Crippen LogP contribution >= 0.6 is 0 Å².